The van der Waals surface area contributed by atoms with Crippen LogP contribution in [0.25, 0.3) is 0 Å². The Kier molecular flexibility index (Phi) is 2.96. The van der Waals surface area contributed by atoms with Gasteiger partial charge in [0, 0.05) is 12.7 Å². The van der Waals surface area contributed by atoms with Crippen LogP contribution in [0, 0.1) is 17.2 Å². The van der Waals surface area contributed by atoms with E-state index in [0.29, 0.717) is 30.8 Å². The molecule has 0 aromatic carbocycles. The van der Waals surface area contributed by atoms with E-state index in [1.165, 1.54) is 6.07 Å². The van der Waals surface area contributed by atoms with Crippen LogP contribution >= 0.6 is 0 Å². The van der Waals surface area contributed by atoms with E-state index >= 15 is 0 Å². The Morgan fingerprint density at radius 3 is 3.12 bits per heavy atom. The van der Waals surface area contributed by atoms with Gasteiger partial charge in [0.2, 0.25) is 0 Å². The van der Waals surface area contributed by atoms with Crippen LogP contribution in [-0.4, -0.2) is 22.9 Å². The Bertz CT molecular complexity index is 510. The van der Waals surface area contributed by atoms with Gasteiger partial charge in [0.25, 0.3) is 0 Å². The van der Waals surface area contributed by atoms with Gasteiger partial charge in [0.15, 0.2) is 5.78 Å². The Morgan fingerprint density at radius 2 is 2.47 bits per heavy atom. The van der Waals surface area contributed by atoms with Gasteiger partial charge in [0.1, 0.15) is 5.92 Å². The number of nitrogens with zero attached hydrogens (tertiary/aromatic N) is 2. The average Bonchev–Trinajstić information content (AvgIpc) is 2.75. The number of ketones is 1. The minimum atomic E-state index is -0.590. The molecule has 5 heteroatoms. The third-order valence-electron chi connectivity index (χ3n) is 2.79. The van der Waals surface area contributed by atoms with Crippen molar-refractivity contribution in [1.29, 1.82) is 5.26 Å². The lowest BCUT2D eigenvalue weighted by Gasteiger charge is -2.17. The second-order valence-corrected chi connectivity index (χ2v) is 3.86. The minimum absolute atomic E-state index is 0.214. The zero-order chi connectivity index (χ0) is 12.4. The number of Topliss-reactive ketones (excluding diaryl/α,β-unsaturated/α-hetero) is 1. The maximum absolute atomic E-state index is 11.8. The summed E-state index contributed by atoms with van der Waals surface area (Å²) in [6.07, 6.45) is 2.11. The van der Waals surface area contributed by atoms with Gasteiger partial charge in [-0.1, -0.05) is 0 Å². The summed E-state index contributed by atoms with van der Waals surface area (Å²) in [4.78, 5) is 23.4. The van der Waals surface area contributed by atoms with E-state index in [1.54, 1.807) is 17.7 Å². The zero-order valence-corrected chi connectivity index (χ0v) is 9.47. The third kappa shape index (κ3) is 1.94. The van der Waals surface area contributed by atoms with E-state index in [4.69, 9.17) is 10.00 Å². The first-order valence-corrected chi connectivity index (χ1v) is 5.48. The van der Waals surface area contributed by atoms with Crippen molar-refractivity contribution in [3.8, 4) is 6.07 Å². The second-order valence-electron chi connectivity index (χ2n) is 3.86. The molecule has 88 valence electrons. The van der Waals surface area contributed by atoms with Gasteiger partial charge in [-0.25, -0.2) is 4.79 Å². The standard InChI is InChI=1S/C12H12N2O3/c1-2-17-12(16)9-5-10-11(15)8(6-13)3-4-14(10)7-9/h5,7-8H,2-4H2,1H3. The summed E-state index contributed by atoms with van der Waals surface area (Å²) in [5, 5.41) is 8.82. The molecule has 0 N–H and O–H groups in total. The number of hydrogen-bond acceptors (Lipinski definition) is 4. The van der Waals surface area contributed by atoms with Gasteiger partial charge in [-0.3, -0.25) is 4.79 Å². The first-order chi connectivity index (χ1) is 8.17. The smallest absolute Gasteiger partial charge is 0.339 e. The molecule has 1 aliphatic rings. The van der Waals surface area contributed by atoms with Gasteiger partial charge in [-0.05, 0) is 19.4 Å². The molecule has 2 rings (SSSR count). The highest BCUT2D eigenvalue weighted by atomic mass is 16.5. The van der Waals surface area contributed by atoms with E-state index in [1.807, 2.05) is 6.07 Å². The Labute approximate surface area is 98.6 Å². The normalized spacial score (nSPS) is 18.4. The summed E-state index contributed by atoms with van der Waals surface area (Å²) in [5.74, 6) is -1.24. The minimum Gasteiger partial charge on any atom is -0.462 e. The molecule has 1 unspecified atom stereocenters. The highest BCUT2D eigenvalue weighted by Crippen LogP contribution is 2.22. The zero-order valence-electron chi connectivity index (χ0n) is 9.47. The monoisotopic (exact) mass is 232 g/mol. The SMILES string of the molecule is CCOC(=O)c1cc2n(c1)CCC(C#N)C2=O. The summed E-state index contributed by atoms with van der Waals surface area (Å²) in [6.45, 7) is 2.61. The molecule has 1 aromatic heterocycles. The summed E-state index contributed by atoms with van der Waals surface area (Å²) in [5.41, 5.74) is 0.791. The van der Waals surface area contributed by atoms with E-state index < -0.39 is 11.9 Å². The number of carbonyl (C=O) groups excluding carboxylic acids is 2. The van der Waals surface area contributed by atoms with Gasteiger partial charge < -0.3 is 9.30 Å². The fraction of sp³-hybridized carbons (Fsp3) is 0.417. The Hall–Kier alpha value is -2.09. The van der Waals surface area contributed by atoms with Crippen molar-refractivity contribution in [3.63, 3.8) is 0 Å². The lowest BCUT2D eigenvalue weighted by molar-refractivity contribution is 0.0526. The Balaban J connectivity index is 2.31. The van der Waals surface area contributed by atoms with Crippen LogP contribution < -0.4 is 0 Å². The summed E-state index contributed by atoms with van der Waals surface area (Å²) in [7, 11) is 0. The van der Waals surface area contributed by atoms with Crippen LogP contribution in [0.15, 0.2) is 12.3 Å². The summed E-state index contributed by atoms with van der Waals surface area (Å²) in [6, 6.07) is 3.48. The molecule has 1 atom stereocenters. The van der Waals surface area contributed by atoms with E-state index in [9.17, 15) is 9.59 Å². The van der Waals surface area contributed by atoms with Gasteiger partial charge >= 0.3 is 5.97 Å². The molecule has 0 saturated carbocycles. The van der Waals surface area contributed by atoms with Crippen LogP contribution in [0.1, 0.15) is 34.2 Å². The quantitative estimate of drug-likeness (QED) is 0.722. The molecular weight excluding hydrogens is 220 g/mol. The summed E-state index contributed by atoms with van der Waals surface area (Å²) < 4.78 is 6.58. The molecule has 0 amide bonds. The number of esters is 1. The van der Waals surface area contributed by atoms with Crippen molar-refractivity contribution in [2.24, 2.45) is 5.92 Å². The molecular formula is C12H12N2O3. The molecule has 0 saturated heterocycles. The fourth-order valence-electron chi connectivity index (χ4n) is 1.93. The van der Waals surface area contributed by atoms with Crippen LogP contribution in [0.4, 0.5) is 0 Å². The topological polar surface area (TPSA) is 72.1 Å². The molecule has 0 fully saturated rings. The number of fused-ring (bicyclic) bond motifs is 1. The van der Waals surface area contributed by atoms with E-state index in [2.05, 4.69) is 0 Å². The van der Waals surface area contributed by atoms with Crippen molar-refractivity contribution >= 4 is 11.8 Å². The first-order valence-electron chi connectivity index (χ1n) is 5.48. The number of aryl methyl sites for hydroxylation is 1. The van der Waals surface area contributed by atoms with Crippen LogP contribution in [0.5, 0.6) is 0 Å². The number of rotatable bonds is 2. The third-order valence-corrected chi connectivity index (χ3v) is 2.79. The van der Waals surface area contributed by atoms with Gasteiger partial charge in [-0.2, -0.15) is 5.26 Å². The van der Waals surface area contributed by atoms with Gasteiger partial charge in [-0.15, -0.1) is 0 Å². The maximum Gasteiger partial charge on any atom is 0.339 e. The molecule has 1 aromatic rings. The predicted octanol–water partition coefficient (Wildman–Crippen LogP) is 1.39. The van der Waals surface area contributed by atoms with Crippen LogP contribution in [-0.2, 0) is 11.3 Å². The Morgan fingerprint density at radius 1 is 1.71 bits per heavy atom. The van der Waals surface area contributed by atoms with Gasteiger partial charge in [0.05, 0.1) is 23.9 Å². The highest BCUT2D eigenvalue weighted by Gasteiger charge is 2.29. The van der Waals surface area contributed by atoms with Crippen molar-refractivity contribution < 1.29 is 14.3 Å². The van der Waals surface area contributed by atoms with Crippen molar-refractivity contribution in [3.05, 3.63) is 23.5 Å². The van der Waals surface area contributed by atoms with E-state index in [-0.39, 0.29) is 5.78 Å². The summed E-state index contributed by atoms with van der Waals surface area (Å²) >= 11 is 0. The molecule has 5 nitrogen and oxygen atoms in total. The number of carbonyl (C=O) groups is 2. The van der Waals surface area contributed by atoms with E-state index in [0.717, 1.165) is 0 Å². The average molecular weight is 232 g/mol. The number of ether oxygens (including phenoxy) is 1. The maximum atomic E-state index is 11.8. The first kappa shape index (κ1) is 11.4. The molecule has 0 aliphatic carbocycles. The number of aromatic nitrogens is 1. The van der Waals surface area contributed by atoms with Crippen molar-refractivity contribution in [1.82, 2.24) is 4.57 Å². The molecule has 0 radical (unpaired) electrons. The van der Waals surface area contributed by atoms with Crippen LogP contribution in [0.3, 0.4) is 0 Å². The second kappa shape index (κ2) is 4.42. The van der Waals surface area contributed by atoms with Crippen LogP contribution in [0.2, 0.25) is 0 Å². The lowest BCUT2D eigenvalue weighted by Crippen LogP contribution is -2.24. The number of hydrogen-bond donors (Lipinski definition) is 0. The predicted molar refractivity (Wildman–Crippen MR) is 58.4 cm³/mol. The van der Waals surface area contributed by atoms with Crippen molar-refractivity contribution in [2.75, 3.05) is 6.61 Å². The lowest BCUT2D eigenvalue weighted by atomic mass is 9.96. The molecule has 0 spiro atoms. The number of nitriles is 1. The highest BCUT2D eigenvalue weighted by molar-refractivity contribution is 6.01. The van der Waals surface area contributed by atoms with Crippen molar-refractivity contribution in [2.45, 2.75) is 19.9 Å². The molecule has 1 aliphatic heterocycles. The molecule has 17 heavy (non-hydrogen) atoms. The molecule has 0 bridgehead atoms. The fourth-order valence-corrected chi connectivity index (χ4v) is 1.93. The molecule has 2 heterocycles. The largest absolute Gasteiger partial charge is 0.462 e.